The van der Waals surface area contributed by atoms with Gasteiger partial charge in [0.15, 0.2) is 0 Å². The molecule has 0 aromatic heterocycles. The first kappa shape index (κ1) is 16.1. The average Bonchev–Trinajstić information content (AvgIpc) is 2.80. The van der Waals surface area contributed by atoms with E-state index in [-0.39, 0.29) is 23.4 Å². The number of ether oxygens (including phenoxy) is 2. The molecule has 1 amide bonds. The molecule has 0 aliphatic carbocycles. The highest BCUT2D eigenvalue weighted by Gasteiger charge is 2.49. The maximum Gasteiger partial charge on any atom is 0.410 e. The zero-order valence-corrected chi connectivity index (χ0v) is 13.4. The zero-order valence-electron chi connectivity index (χ0n) is 13.4. The molecule has 0 aromatic carbocycles. The third kappa shape index (κ3) is 3.48. The maximum atomic E-state index is 12.1. The van der Waals surface area contributed by atoms with Gasteiger partial charge in [-0.15, -0.1) is 0 Å². The van der Waals surface area contributed by atoms with Crippen LogP contribution in [0.1, 0.15) is 33.6 Å². The van der Waals surface area contributed by atoms with Crippen molar-refractivity contribution in [2.45, 2.75) is 39.2 Å². The third-order valence-electron chi connectivity index (χ3n) is 4.46. The maximum absolute atomic E-state index is 12.1. The Balaban J connectivity index is 1.96. The summed E-state index contributed by atoms with van der Waals surface area (Å²) in [6, 6.07) is 0. The molecule has 21 heavy (non-hydrogen) atoms. The Bertz CT molecular complexity index is 408. The second kappa shape index (κ2) is 5.83. The number of nitrogens with zero attached hydrogens (tertiary/aromatic N) is 1. The van der Waals surface area contributed by atoms with Crippen molar-refractivity contribution in [1.29, 1.82) is 0 Å². The number of carbonyl (C=O) groups excluding carboxylic acids is 2. The predicted octanol–water partition coefficient (Wildman–Crippen LogP) is 1.40. The Kier molecular flexibility index (Phi) is 4.46. The van der Waals surface area contributed by atoms with Crippen LogP contribution < -0.4 is 5.32 Å². The molecule has 120 valence electrons. The van der Waals surface area contributed by atoms with E-state index in [1.54, 1.807) is 4.90 Å². The summed E-state index contributed by atoms with van der Waals surface area (Å²) in [6.45, 7) is 8.34. The number of rotatable bonds is 1. The fraction of sp³-hybridized carbons (Fsp3) is 0.867. The molecule has 2 rings (SSSR count). The topological polar surface area (TPSA) is 67.9 Å². The smallest absolute Gasteiger partial charge is 0.410 e. The first-order valence-electron chi connectivity index (χ1n) is 7.54. The van der Waals surface area contributed by atoms with Crippen LogP contribution in [-0.2, 0) is 14.3 Å². The minimum Gasteiger partial charge on any atom is -0.469 e. The van der Waals surface area contributed by atoms with Crippen molar-refractivity contribution < 1.29 is 19.1 Å². The van der Waals surface area contributed by atoms with E-state index in [0.717, 1.165) is 19.4 Å². The summed E-state index contributed by atoms with van der Waals surface area (Å²) in [7, 11) is 1.43. The Hall–Kier alpha value is -1.30. The summed E-state index contributed by atoms with van der Waals surface area (Å²) in [4.78, 5) is 25.7. The fourth-order valence-electron chi connectivity index (χ4n) is 3.27. The lowest BCUT2D eigenvalue weighted by atomic mass is 9.71. The second-order valence-corrected chi connectivity index (χ2v) is 7.04. The largest absolute Gasteiger partial charge is 0.469 e. The molecule has 1 unspecified atom stereocenters. The number of hydrogen-bond acceptors (Lipinski definition) is 5. The quantitative estimate of drug-likeness (QED) is 0.741. The minimum absolute atomic E-state index is 0.0778. The lowest BCUT2D eigenvalue weighted by Gasteiger charge is -2.41. The van der Waals surface area contributed by atoms with Crippen LogP contribution in [-0.4, -0.2) is 55.9 Å². The van der Waals surface area contributed by atoms with Gasteiger partial charge < -0.3 is 19.7 Å². The molecule has 0 bridgehead atoms. The molecule has 0 radical (unpaired) electrons. The van der Waals surface area contributed by atoms with Gasteiger partial charge in [0, 0.05) is 31.6 Å². The lowest BCUT2D eigenvalue weighted by Crippen LogP contribution is -2.49. The van der Waals surface area contributed by atoms with Gasteiger partial charge in [-0.2, -0.15) is 0 Å². The molecular weight excluding hydrogens is 272 g/mol. The van der Waals surface area contributed by atoms with Gasteiger partial charge in [0.05, 0.1) is 13.0 Å². The van der Waals surface area contributed by atoms with Crippen LogP contribution in [0.25, 0.3) is 0 Å². The fourth-order valence-corrected chi connectivity index (χ4v) is 3.27. The Labute approximate surface area is 126 Å². The molecule has 1 spiro atoms. The Morgan fingerprint density at radius 1 is 1.24 bits per heavy atom. The van der Waals surface area contributed by atoms with Crippen molar-refractivity contribution in [3.63, 3.8) is 0 Å². The van der Waals surface area contributed by atoms with Crippen LogP contribution in [0.15, 0.2) is 0 Å². The van der Waals surface area contributed by atoms with Gasteiger partial charge in [-0.05, 0) is 33.6 Å². The van der Waals surface area contributed by atoms with Gasteiger partial charge in [-0.25, -0.2) is 4.79 Å². The number of methoxy groups -OCH3 is 1. The van der Waals surface area contributed by atoms with Crippen molar-refractivity contribution >= 4 is 12.1 Å². The van der Waals surface area contributed by atoms with Gasteiger partial charge in [0.1, 0.15) is 5.60 Å². The van der Waals surface area contributed by atoms with E-state index in [9.17, 15) is 9.59 Å². The van der Waals surface area contributed by atoms with Crippen LogP contribution in [0, 0.1) is 11.3 Å². The molecule has 2 aliphatic rings. The molecule has 6 heteroatoms. The summed E-state index contributed by atoms with van der Waals surface area (Å²) in [6.07, 6.45) is 1.34. The summed E-state index contributed by atoms with van der Waals surface area (Å²) in [5.74, 6) is -0.256. The Morgan fingerprint density at radius 3 is 2.38 bits per heavy atom. The second-order valence-electron chi connectivity index (χ2n) is 7.04. The van der Waals surface area contributed by atoms with Gasteiger partial charge in [0.25, 0.3) is 0 Å². The number of amides is 1. The average molecular weight is 298 g/mol. The van der Waals surface area contributed by atoms with Crippen molar-refractivity contribution in [2.24, 2.45) is 11.3 Å². The van der Waals surface area contributed by atoms with Crippen molar-refractivity contribution in [3.05, 3.63) is 0 Å². The van der Waals surface area contributed by atoms with E-state index in [2.05, 4.69) is 5.32 Å². The van der Waals surface area contributed by atoms with Crippen LogP contribution in [0.4, 0.5) is 4.79 Å². The molecule has 0 aromatic rings. The number of carbonyl (C=O) groups is 2. The summed E-state index contributed by atoms with van der Waals surface area (Å²) in [5, 5.41) is 3.29. The lowest BCUT2D eigenvalue weighted by molar-refractivity contribution is -0.149. The van der Waals surface area contributed by atoms with E-state index in [1.807, 2.05) is 20.8 Å². The number of hydrogen-bond donors (Lipinski definition) is 1. The highest BCUT2D eigenvalue weighted by atomic mass is 16.6. The monoisotopic (exact) mass is 298 g/mol. The van der Waals surface area contributed by atoms with Crippen molar-refractivity contribution in [3.8, 4) is 0 Å². The normalized spacial score (nSPS) is 25.0. The van der Waals surface area contributed by atoms with Crippen LogP contribution in [0.5, 0.6) is 0 Å². The minimum atomic E-state index is -0.477. The molecule has 1 N–H and O–H groups in total. The van der Waals surface area contributed by atoms with E-state index in [0.29, 0.717) is 19.6 Å². The molecule has 2 heterocycles. The van der Waals surface area contributed by atoms with Gasteiger partial charge >= 0.3 is 12.1 Å². The molecule has 2 saturated heterocycles. The number of esters is 1. The zero-order chi connectivity index (χ0) is 15.7. The number of likely N-dealkylation sites (tertiary alicyclic amines) is 1. The van der Waals surface area contributed by atoms with Gasteiger partial charge in [0.2, 0.25) is 0 Å². The summed E-state index contributed by atoms with van der Waals surface area (Å²) in [5.41, 5.74) is -0.554. The number of piperidine rings is 1. The van der Waals surface area contributed by atoms with Crippen LogP contribution >= 0.6 is 0 Å². The highest BCUT2D eigenvalue weighted by molar-refractivity contribution is 5.74. The van der Waals surface area contributed by atoms with Crippen LogP contribution in [0.3, 0.4) is 0 Å². The van der Waals surface area contributed by atoms with E-state index < -0.39 is 5.60 Å². The third-order valence-corrected chi connectivity index (χ3v) is 4.46. The molecule has 2 aliphatic heterocycles. The van der Waals surface area contributed by atoms with Crippen molar-refractivity contribution in [1.82, 2.24) is 10.2 Å². The van der Waals surface area contributed by atoms with Gasteiger partial charge in [-0.1, -0.05) is 0 Å². The van der Waals surface area contributed by atoms with E-state index in [1.165, 1.54) is 7.11 Å². The van der Waals surface area contributed by atoms with E-state index >= 15 is 0 Å². The number of nitrogens with one attached hydrogen (secondary N) is 1. The van der Waals surface area contributed by atoms with Crippen LogP contribution in [0.2, 0.25) is 0 Å². The van der Waals surface area contributed by atoms with Crippen molar-refractivity contribution in [2.75, 3.05) is 33.3 Å². The van der Waals surface area contributed by atoms with E-state index in [4.69, 9.17) is 9.47 Å². The predicted molar refractivity (Wildman–Crippen MR) is 77.8 cm³/mol. The molecular formula is C15H26N2O4. The molecule has 6 nitrogen and oxygen atoms in total. The summed E-state index contributed by atoms with van der Waals surface area (Å²) < 4.78 is 10.3. The van der Waals surface area contributed by atoms with Gasteiger partial charge in [-0.3, -0.25) is 4.79 Å². The molecule has 1 atom stereocenters. The summed E-state index contributed by atoms with van der Waals surface area (Å²) >= 11 is 0. The highest BCUT2D eigenvalue weighted by Crippen LogP contribution is 2.42. The SMILES string of the molecule is COC(=O)C1CNCC12CCN(C(=O)OC(C)(C)C)CC2. The Morgan fingerprint density at radius 2 is 1.86 bits per heavy atom. The first-order chi connectivity index (χ1) is 9.77. The standard InChI is InChI=1S/C15H26N2O4/c1-14(2,3)21-13(19)17-7-5-15(6-8-17)10-16-9-11(15)12(18)20-4/h11,16H,5-10H2,1-4H3. The molecule has 0 saturated carbocycles. The first-order valence-corrected chi connectivity index (χ1v) is 7.54. The molecule has 2 fully saturated rings.